The first kappa shape index (κ1) is 14.7. The van der Waals surface area contributed by atoms with E-state index in [0.717, 1.165) is 42.1 Å². The Morgan fingerprint density at radius 1 is 1.40 bits per heavy atom. The van der Waals surface area contributed by atoms with Crippen molar-refractivity contribution < 1.29 is 9.53 Å². The van der Waals surface area contributed by atoms with Crippen molar-refractivity contribution in [1.82, 2.24) is 0 Å². The lowest BCUT2D eigenvalue weighted by molar-refractivity contribution is -0.116. The normalized spacial score (nSPS) is 15.2. The molecule has 1 saturated heterocycles. The molecule has 2 rings (SSSR count). The molecule has 1 heterocycles. The van der Waals surface area contributed by atoms with E-state index >= 15 is 0 Å². The molecule has 0 unspecified atom stereocenters. The lowest BCUT2D eigenvalue weighted by atomic mass is 10.1. The van der Waals surface area contributed by atoms with E-state index in [1.54, 1.807) is 0 Å². The molecule has 1 amide bonds. The van der Waals surface area contributed by atoms with Crippen LogP contribution in [0.25, 0.3) is 0 Å². The molecule has 0 aliphatic carbocycles. The van der Waals surface area contributed by atoms with Crippen molar-refractivity contribution in [2.75, 3.05) is 42.3 Å². The maximum atomic E-state index is 11.8. The highest BCUT2D eigenvalue weighted by atomic mass is 16.5. The summed E-state index contributed by atoms with van der Waals surface area (Å²) in [6.07, 6.45) is 1.38. The van der Waals surface area contributed by atoms with Gasteiger partial charge in [-0.25, -0.2) is 0 Å². The van der Waals surface area contributed by atoms with Crippen molar-refractivity contribution in [3.8, 4) is 0 Å². The first-order valence-corrected chi connectivity index (χ1v) is 7.14. The SMILES string of the molecule is CCCC(=O)Nc1cc(N2CCOCC2)c(N)cc1C. The van der Waals surface area contributed by atoms with E-state index in [1.807, 2.05) is 26.0 Å². The molecular formula is C15H23N3O2. The first-order valence-electron chi connectivity index (χ1n) is 7.14. The molecule has 0 bridgehead atoms. The highest BCUT2D eigenvalue weighted by Gasteiger charge is 2.16. The predicted molar refractivity (Wildman–Crippen MR) is 82.2 cm³/mol. The molecule has 1 aliphatic rings. The third-order valence-corrected chi connectivity index (χ3v) is 3.48. The number of nitrogens with one attached hydrogen (secondary N) is 1. The van der Waals surface area contributed by atoms with E-state index in [1.165, 1.54) is 0 Å². The molecule has 0 spiro atoms. The van der Waals surface area contributed by atoms with Gasteiger partial charge in [0, 0.05) is 25.2 Å². The van der Waals surface area contributed by atoms with Crippen molar-refractivity contribution in [3.05, 3.63) is 17.7 Å². The number of ether oxygens (including phenoxy) is 1. The molecule has 0 saturated carbocycles. The van der Waals surface area contributed by atoms with Gasteiger partial charge in [-0.15, -0.1) is 0 Å². The summed E-state index contributed by atoms with van der Waals surface area (Å²) < 4.78 is 5.36. The fraction of sp³-hybridized carbons (Fsp3) is 0.533. The van der Waals surface area contributed by atoms with Gasteiger partial charge in [0.05, 0.1) is 24.6 Å². The Morgan fingerprint density at radius 3 is 2.75 bits per heavy atom. The van der Waals surface area contributed by atoms with Gasteiger partial charge in [0.1, 0.15) is 0 Å². The zero-order valence-corrected chi connectivity index (χ0v) is 12.2. The minimum atomic E-state index is 0.0494. The summed E-state index contributed by atoms with van der Waals surface area (Å²) in [5.41, 5.74) is 9.68. The Hall–Kier alpha value is -1.75. The van der Waals surface area contributed by atoms with E-state index in [4.69, 9.17) is 10.5 Å². The smallest absolute Gasteiger partial charge is 0.224 e. The molecule has 3 N–H and O–H groups in total. The van der Waals surface area contributed by atoms with Crippen LogP contribution in [0, 0.1) is 6.92 Å². The summed E-state index contributed by atoms with van der Waals surface area (Å²) >= 11 is 0. The number of amides is 1. The standard InChI is InChI=1S/C15H23N3O2/c1-3-4-15(19)17-13-10-14(12(16)9-11(13)2)18-5-7-20-8-6-18/h9-10H,3-8,16H2,1-2H3,(H,17,19). The lowest BCUT2D eigenvalue weighted by Crippen LogP contribution is -2.36. The number of benzene rings is 1. The van der Waals surface area contributed by atoms with Gasteiger partial charge in [0.15, 0.2) is 0 Å². The van der Waals surface area contributed by atoms with Crippen LogP contribution in [0.4, 0.5) is 17.1 Å². The highest BCUT2D eigenvalue weighted by Crippen LogP contribution is 2.30. The summed E-state index contributed by atoms with van der Waals surface area (Å²) in [6.45, 7) is 7.04. The maximum Gasteiger partial charge on any atom is 0.224 e. The number of hydrogen-bond donors (Lipinski definition) is 2. The van der Waals surface area contributed by atoms with E-state index < -0.39 is 0 Å². The zero-order chi connectivity index (χ0) is 14.5. The van der Waals surface area contributed by atoms with Gasteiger partial charge in [-0.3, -0.25) is 4.79 Å². The summed E-state index contributed by atoms with van der Waals surface area (Å²) in [7, 11) is 0. The van der Waals surface area contributed by atoms with E-state index in [0.29, 0.717) is 19.6 Å². The van der Waals surface area contributed by atoms with Crippen LogP contribution in [-0.2, 0) is 9.53 Å². The van der Waals surface area contributed by atoms with Gasteiger partial charge in [-0.2, -0.15) is 0 Å². The minimum absolute atomic E-state index is 0.0494. The van der Waals surface area contributed by atoms with Crippen LogP contribution in [-0.4, -0.2) is 32.2 Å². The maximum absolute atomic E-state index is 11.8. The number of morpholine rings is 1. The van der Waals surface area contributed by atoms with Crippen LogP contribution in [0.15, 0.2) is 12.1 Å². The molecule has 20 heavy (non-hydrogen) atoms. The van der Waals surface area contributed by atoms with Crippen molar-refractivity contribution >= 4 is 23.0 Å². The number of nitrogen functional groups attached to an aromatic ring is 1. The Morgan fingerprint density at radius 2 is 2.10 bits per heavy atom. The van der Waals surface area contributed by atoms with Gasteiger partial charge >= 0.3 is 0 Å². The molecule has 0 aromatic heterocycles. The van der Waals surface area contributed by atoms with Crippen LogP contribution in [0.1, 0.15) is 25.3 Å². The second kappa shape index (κ2) is 6.61. The Bertz CT molecular complexity index is 482. The summed E-state index contributed by atoms with van der Waals surface area (Å²) in [6, 6.07) is 3.90. The second-order valence-electron chi connectivity index (χ2n) is 5.12. The molecule has 1 fully saturated rings. The molecule has 0 atom stereocenters. The molecule has 1 aromatic rings. The van der Waals surface area contributed by atoms with Gasteiger partial charge in [0.2, 0.25) is 5.91 Å². The molecule has 5 nitrogen and oxygen atoms in total. The van der Waals surface area contributed by atoms with E-state index in [-0.39, 0.29) is 5.91 Å². The Kier molecular flexibility index (Phi) is 4.84. The summed E-state index contributed by atoms with van der Waals surface area (Å²) in [4.78, 5) is 14.0. The third kappa shape index (κ3) is 3.42. The number of nitrogens with two attached hydrogens (primary N) is 1. The lowest BCUT2D eigenvalue weighted by Gasteiger charge is -2.30. The summed E-state index contributed by atoms with van der Waals surface area (Å²) in [5.74, 6) is 0.0494. The number of rotatable bonds is 4. The number of nitrogens with zero attached hydrogens (tertiary/aromatic N) is 1. The molecule has 1 aromatic carbocycles. The van der Waals surface area contributed by atoms with Crippen molar-refractivity contribution in [1.29, 1.82) is 0 Å². The molecule has 1 aliphatic heterocycles. The molecular weight excluding hydrogens is 254 g/mol. The Balaban J connectivity index is 2.22. The van der Waals surface area contributed by atoms with Crippen LogP contribution in [0.2, 0.25) is 0 Å². The molecule has 110 valence electrons. The summed E-state index contributed by atoms with van der Waals surface area (Å²) in [5, 5.41) is 2.97. The minimum Gasteiger partial charge on any atom is -0.397 e. The number of anilines is 3. The molecule has 0 radical (unpaired) electrons. The Labute approximate surface area is 120 Å². The van der Waals surface area contributed by atoms with Crippen LogP contribution >= 0.6 is 0 Å². The molecule has 5 heteroatoms. The van der Waals surface area contributed by atoms with E-state index in [9.17, 15) is 4.79 Å². The third-order valence-electron chi connectivity index (χ3n) is 3.48. The van der Waals surface area contributed by atoms with Gasteiger partial charge in [0.25, 0.3) is 0 Å². The van der Waals surface area contributed by atoms with Crippen LogP contribution in [0.3, 0.4) is 0 Å². The number of carbonyl (C=O) groups is 1. The quantitative estimate of drug-likeness (QED) is 0.828. The van der Waals surface area contributed by atoms with Crippen molar-refractivity contribution in [3.63, 3.8) is 0 Å². The van der Waals surface area contributed by atoms with Gasteiger partial charge in [-0.05, 0) is 31.0 Å². The fourth-order valence-electron chi connectivity index (χ4n) is 2.37. The largest absolute Gasteiger partial charge is 0.397 e. The monoisotopic (exact) mass is 277 g/mol. The first-order chi connectivity index (χ1) is 9.61. The van der Waals surface area contributed by atoms with E-state index in [2.05, 4.69) is 10.2 Å². The van der Waals surface area contributed by atoms with Gasteiger partial charge in [-0.1, -0.05) is 6.92 Å². The predicted octanol–water partition coefficient (Wildman–Crippen LogP) is 2.15. The topological polar surface area (TPSA) is 67.6 Å². The highest BCUT2D eigenvalue weighted by molar-refractivity contribution is 5.93. The fourth-order valence-corrected chi connectivity index (χ4v) is 2.37. The second-order valence-corrected chi connectivity index (χ2v) is 5.12. The van der Waals surface area contributed by atoms with Crippen LogP contribution < -0.4 is 16.0 Å². The average Bonchev–Trinajstić information content (AvgIpc) is 2.43. The van der Waals surface area contributed by atoms with Gasteiger partial charge < -0.3 is 20.7 Å². The van der Waals surface area contributed by atoms with Crippen LogP contribution in [0.5, 0.6) is 0 Å². The number of carbonyl (C=O) groups excluding carboxylic acids is 1. The zero-order valence-electron chi connectivity index (χ0n) is 12.2. The number of hydrogen-bond acceptors (Lipinski definition) is 4. The van der Waals surface area contributed by atoms with Crippen molar-refractivity contribution in [2.45, 2.75) is 26.7 Å². The van der Waals surface area contributed by atoms with Crippen molar-refractivity contribution in [2.24, 2.45) is 0 Å². The number of aryl methyl sites for hydroxylation is 1. The average molecular weight is 277 g/mol.